The number of benzene rings is 1. The van der Waals surface area contributed by atoms with E-state index in [0.29, 0.717) is 57.0 Å². The number of aromatic nitrogens is 1. The third kappa shape index (κ3) is 5.19. The Bertz CT molecular complexity index is 797. The number of carbonyl (C=O) groups is 2. The fourth-order valence-electron chi connectivity index (χ4n) is 3.20. The van der Waals surface area contributed by atoms with Crippen LogP contribution in [0.5, 0.6) is 0 Å². The minimum atomic E-state index is -0.149. The highest BCUT2D eigenvalue weighted by molar-refractivity contribution is 9.10. The highest BCUT2D eigenvalue weighted by atomic mass is 79.9. The lowest BCUT2D eigenvalue weighted by Crippen LogP contribution is -2.40. The van der Waals surface area contributed by atoms with Crippen LogP contribution in [0.3, 0.4) is 0 Å². The van der Waals surface area contributed by atoms with Gasteiger partial charge < -0.3 is 14.1 Å². The molecule has 1 aromatic carbocycles. The average Bonchev–Trinajstić information content (AvgIpc) is 3.15. The fraction of sp³-hybridized carbons (Fsp3) is 0.450. The van der Waals surface area contributed by atoms with Crippen molar-refractivity contribution < 1.29 is 18.7 Å². The molecular formula is C20H23BrN2O4. The Kier molecular flexibility index (Phi) is 6.66. The molecular weight excluding hydrogens is 412 g/mol. The molecule has 1 fully saturated rings. The molecule has 2 heterocycles. The van der Waals surface area contributed by atoms with Gasteiger partial charge in [-0.15, -0.1) is 0 Å². The van der Waals surface area contributed by atoms with Crippen LogP contribution in [0.4, 0.5) is 0 Å². The molecule has 0 radical (unpaired) electrons. The van der Waals surface area contributed by atoms with Gasteiger partial charge in [0, 0.05) is 36.0 Å². The maximum absolute atomic E-state index is 12.4. The number of carbonyl (C=O) groups excluding carboxylic acids is 2. The van der Waals surface area contributed by atoms with Crippen molar-refractivity contribution in [2.45, 2.75) is 32.6 Å². The normalized spacial score (nSPS) is 15.0. The van der Waals surface area contributed by atoms with Crippen LogP contribution in [-0.2, 0) is 20.7 Å². The molecule has 1 amide bonds. The number of aryl methyl sites for hydroxylation is 1. The molecule has 6 nitrogen and oxygen atoms in total. The second-order valence-corrected chi connectivity index (χ2v) is 7.45. The molecule has 0 atom stereocenters. The molecule has 0 bridgehead atoms. The largest absolute Gasteiger partial charge is 0.466 e. The standard InChI is InChI=1S/C20H23BrN2O4/c1-2-26-20(25)14-8-10-23(11-9-14)19(24)7-6-18-22-13-17(27-18)15-4-3-5-16(21)12-15/h3-5,12-14H,2,6-11H2,1H3. The summed E-state index contributed by atoms with van der Waals surface area (Å²) in [6.45, 7) is 3.39. The number of esters is 1. The molecule has 0 aliphatic carbocycles. The number of nitrogens with zero attached hydrogens (tertiary/aromatic N) is 2. The summed E-state index contributed by atoms with van der Waals surface area (Å²) >= 11 is 3.44. The van der Waals surface area contributed by atoms with E-state index in [1.807, 2.05) is 29.2 Å². The second kappa shape index (κ2) is 9.17. The SMILES string of the molecule is CCOC(=O)C1CCN(C(=O)CCc2ncc(-c3cccc(Br)c3)o2)CC1. The van der Waals surface area contributed by atoms with Crippen LogP contribution < -0.4 is 0 Å². The van der Waals surface area contributed by atoms with Gasteiger partial charge in [-0.1, -0.05) is 28.1 Å². The lowest BCUT2D eigenvalue weighted by molar-refractivity contribution is -0.151. The molecule has 0 saturated carbocycles. The minimum absolute atomic E-state index is 0.0690. The number of ether oxygens (including phenoxy) is 1. The quantitative estimate of drug-likeness (QED) is 0.645. The maximum atomic E-state index is 12.4. The summed E-state index contributed by atoms with van der Waals surface area (Å²) in [5, 5.41) is 0. The van der Waals surface area contributed by atoms with Crippen LogP contribution in [0.2, 0.25) is 0 Å². The Hall–Kier alpha value is -2.15. The predicted octanol–water partition coefficient (Wildman–Crippen LogP) is 3.84. The Morgan fingerprint density at radius 3 is 2.81 bits per heavy atom. The highest BCUT2D eigenvalue weighted by Crippen LogP contribution is 2.24. The van der Waals surface area contributed by atoms with Gasteiger partial charge in [-0.05, 0) is 31.9 Å². The van der Waals surface area contributed by atoms with E-state index in [2.05, 4.69) is 20.9 Å². The van der Waals surface area contributed by atoms with Gasteiger partial charge in [-0.2, -0.15) is 0 Å². The number of amides is 1. The van der Waals surface area contributed by atoms with E-state index in [4.69, 9.17) is 9.15 Å². The summed E-state index contributed by atoms with van der Waals surface area (Å²) in [4.78, 5) is 30.3. The Balaban J connectivity index is 1.48. The average molecular weight is 435 g/mol. The van der Waals surface area contributed by atoms with Gasteiger partial charge in [0.05, 0.1) is 18.7 Å². The predicted molar refractivity (Wildman–Crippen MR) is 104 cm³/mol. The van der Waals surface area contributed by atoms with Crippen LogP contribution in [0, 0.1) is 5.92 Å². The molecule has 144 valence electrons. The first kappa shape index (κ1) is 19.6. The van der Waals surface area contributed by atoms with E-state index in [1.165, 1.54) is 0 Å². The summed E-state index contributed by atoms with van der Waals surface area (Å²) in [5.41, 5.74) is 0.940. The Morgan fingerprint density at radius 1 is 1.33 bits per heavy atom. The minimum Gasteiger partial charge on any atom is -0.466 e. The first-order valence-electron chi connectivity index (χ1n) is 9.22. The number of halogens is 1. The Morgan fingerprint density at radius 2 is 2.11 bits per heavy atom. The number of hydrogen-bond donors (Lipinski definition) is 0. The summed E-state index contributed by atoms with van der Waals surface area (Å²) in [6, 6.07) is 7.80. The number of piperidine rings is 1. The van der Waals surface area contributed by atoms with Crippen molar-refractivity contribution in [3.63, 3.8) is 0 Å². The van der Waals surface area contributed by atoms with Gasteiger partial charge in [0.2, 0.25) is 5.91 Å². The molecule has 0 N–H and O–H groups in total. The topological polar surface area (TPSA) is 72.6 Å². The molecule has 0 spiro atoms. The zero-order valence-electron chi connectivity index (χ0n) is 15.3. The molecule has 27 heavy (non-hydrogen) atoms. The van der Waals surface area contributed by atoms with Crippen LogP contribution in [0.25, 0.3) is 11.3 Å². The molecule has 1 aliphatic rings. The van der Waals surface area contributed by atoms with Gasteiger partial charge >= 0.3 is 5.97 Å². The molecule has 0 unspecified atom stereocenters. The summed E-state index contributed by atoms with van der Waals surface area (Å²) < 4.78 is 11.8. The lowest BCUT2D eigenvalue weighted by atomic mass is 9.97. The van der Waals surface area contributed by atoms with Crippen LogP contribution in [0.1, 0.15) is 32.1 Å². The summed E-state index contributed by atoms with van der Waals surface area (Å²) in [5.74, 6) is 1.08. The third-order valence-electron chi connectivity index (χ3n) is 4.68. The van der Waals surface area contributed by atoms with Crippen molar-refractivity contribution in [2.24, 2.45) is 5.92 Å². The number of oxazole rings is 1. The lowest BCUT2D eigenvalue weighted by Gasteiger charge is -2.30. The summed E-state index contributed by atoms with van der Waals surface area (Å²) in [7, 11) is 0. The molecule has 1 aliphatic heterocycles. The molecule has 1 saturated heterocycles. The third-order valence-corrected chi connectivity index (χ3v) is 5.18. The molecule has 3 rings (SSSR count). The maximum Gasteiger partial charge on any atom is 0.309 e. The van der Waals surface area contributed by atoms with Gasteiger partial charge in [0.15, 0.2) is 11.7 Å². The van der Waals surface area contributed by atoms with Crippen molar-refractivity contribution in [1.82, 2.24) is 9.88 Å². The van der Waals surface area contributed by atoms with Crippen molar-refractivity contribution in [3.05, 3.63) is 40.8 Å². The van der Waals surface area contributed by atoms with E-state index < -0.39 is 0 Å². The van der Waals surface area contributed by atoms with Crippen LogP contribution in [-0.4, -0.2) is 41.5 Å². The number of rotatable bonds is 6. The van der Waals surface area contributed by atoms with Crippen LogP contribution >= 0.6 is 15.9 Å². The first-order chi connectivity index (χ1) is 13.1. The smallest absolute Gasteiger partial charge is 0.309 e. The first-order valence-corrected chi connectivity index (χ1v) is 10.0. The van der Waals surface area contributed by atoms with Crippen molar-refractivity contribution in [2.75, 3.05) is 19.7 Å². The van der Waals surface area contributed by atoms with Crippen LogP contribution in [0.15, 0.2) is 39.4 Å². The van der Waals surface area contributed by atoms with E-state index in [-0.39, 0.29) is 17.8 Å². The van der Waals surface area contributed by atoms with E-state index in [1.54, 1.807) is 13.1 Å². The monoisotopic (exact) mass is 434 g/mol. The molecule has 1 aromatic heterocycles. The summed E-state index contributed by atoms with van der Waals surface area (Å²) in [6.07, 6.45) is 3.83. The number of likely N-dealkylation sites (tertiary alicyclic amines) is 1. The van der Waals surface area contributed by atoms with Crippen molar-refractivity contribution >= 4 is 27.8 Å². The number of hydrogen-bond acceptors (Lipinski definition) is 5. The Labute approximate surface area is 167 Å². The van der Waals surface area contributed by atoms with Gasteiger partial charge in [-0.3, -0.25) is 9.59 Å². The van der Waals surface area contributed by atoms with E-state index in [0.717, 1.165) is 10.0 Å². The molecule has 7 heteroatoms. The van der Waals surface area contributed by atoms with Gasteiger partial charge in [-0.25, -0.2) is 4.98 Å². The zero-order chi connectivity index (χ0) is 19.2. The van der Waals surface area contributed by atoms with Crippen molar-refractivity contribution in [1.29, 1.82) is 0 Å². The van der Waals surface area contributed by atoms with Gasteiger partial charge in [0.1, 0.15) is 0 Å². The van der Waals surface area contributed by atoms with Crippen molar-refractivity contribution in [3.8, 4) is 11.3 Å². The zero-order valence-corrected chi connectivity index (χ0v) is 16.9. The van der Waals surface area contributed by atoms with E-state index in [9.17, 15) is 9.59 Å². The fourth-order valence-corrected chi connectivity index (χ4v) is 3.60. The highest BCUT2D eigenvalue weighted by Gasteiger charge is 2.28. The second-order valence-electron chi connectivity index (χ2n) is 6.54. The molecule has 2 aromatic rings. The van der Waals surface area contributed by atoms with E-state index >= 15 is 0 Å². The van der Waals surface area contributed by atoms with Gasteiger partial charge in [0.25, 0.3) is 0 Å².